The van der Waals surface area contributed by atoms with Crippen molar-refractivity contribution in [2.45, 2.75) is 0 Å². The van der Waals surface area contributed by atoms with E-state index in [-0.39, 0.29) is 0 Å². The number of hydrogen-bond donors (Lipinski definition) is 0. The molecular formula is C49H29N3OS. The fourth-order valence-corrected chi connectivity index (χ4v) is 8.90. The standard InChI is InChI=1S/C49H29N3OS/c1-2-11-30(12-3-1)32-23-26-33(27-24-32)47-50-48(35-28-25-31-13-4-5-14-34(31)29-35)52-49(51-47)40-19-9-20-41-44(40)39-18-8-17-37(46(39)53-41)36-16-10-22-43-45(36)38-15-6-7-21-42(38)54-43/h1-29H. The van der Waals surface area contributed by atoms with Crippen LogP contribution in [0.1, 0.15) is 0 Å². The molecule has 0 radical (unpaired) electrons. The second-order valence-electron chi connectivity index (χ2n) is 13.6. The average Bonchev–Trinajstić information content (AvgIpc) is 3.83. The maximum Gasteiger partial charge on any atom is 0.164 e. The molecule has 3 aromatic heterocycles. The Morgan fingerprint density at radius 2 is 0.981 bits per heavy atom. The van der Waals surface area contributed by atoms with Gasteiger partial charge in [0.1, 0.15) is 11.2 Å². The van der Waals surface area contributed by atoms with Crippen molar-refractivity contribution in [3.05, 3.63) is 176 Å². The van der Waals surface area contributed by atoms with Crippen molar-refractivity contribution in [3.8, 4) is 56.4 Å². The summed E-state index contributed by atoms with van der Waals surface area (Å²) in [5.41, 5.74) is 8.92. The second-order valence-corrected chi connectivity index (χ2v) is 14.6. The Bertz CT molecular complexity index is 3220. The van der Waals surface area contributed by atoms with E-state index in [9.17, 15) is 0 Å². The number of para-hydroxylation sites is 1. The first-order valence-corrected chi connectivity index (χ1v) is 18.8. The minimum absolute atomic E-state index is 0.597. The van der Waals surface area contributed by atoms with E-state index in [4.69, 9.17) is 19.4 Å². The average molecular weight is 708 g/mol. The SMILES string of the molecule is c1ccc(-c2ccc(-c3nc(-c4ccc5ccccc5c4)nc(-c4cccc5oc6c(-c7cccc8sc9ccccc9c78)cccc6c45)n3)cc2)cc1. The summed E-state index contributed by atoms with van der Waals surface area (Å²) in [5, 5.41) is 6.83. The summed E-state index contributed by atoms with van der Waals surface area (Å²) in [5.74, 6) is 1.83. The van der Waals surface area contributed by atoms with Crippen molar-refractivity contribution < 1.29 is 4.42 Å². The van der Waals surface area contributed by atoms with Gasteiger partial charge in [-0.1, -0.05) is 152 Å². The highest BCUT2D eigenvalue weighted by Gasteiger charge is 2.21. The zero-order chi connectivity index (χ0) is 35.6. The Balaban J connectivity index is 1.12. The molecule has 0 aliphatic rings. The molecule has 252 valence electrons. The number of nitrogens with zero attached hydrogens (tertiary/aromatic N) is 3. The smallest absolute Gasteiger partial charge is 0.164 e. The number of thiophene rings is 1. The lowest BCUT2D eigenvalue weighted by molar-refractivity contribution is 0.670. The van der Waals surface area contributed by atoms with Crippen LogP contribution in [0.5, 0.6) is 0 Å². The molecule has 0 spiro atoms. The fraction of sp³-hybridized carbons (Fsp3) is 0. The molecular weight excluding hydrogens is 679 g/mol. The summed E-state index contributed by atoms with van der Waals surface area (Å²) in [6, 6.07) is 61.4. The molecule has 8 aromatic carbocycles. The van der Waals surface area contributed by atoms with E-state index in [2.05, 4.69) is 158 Å². The number of fused-ring (bicyclic) bond motifs is 7. The van der Waals surface area contributed by atoms with Crippen molar-refractivity contribution in [2.75, 3.05) is 0 Å². The molecule has 3 heterocycles. The van der Waals surface area contributed by atoms with Gasteiger partial charge in [-0.3, -0.25) is 0 Å². The third kappa shape index (κ3) is 5.01. The van der Waals surface area contributed by atoms with Gasteiger partial charge in [0.15, 0.2) is 17.5 Å². The number of hydrogen-bond acceptors (Lipinski definition) is 5. The number of furan rings is 1. The lowest BCUT2D eigenvalue weighted by Crippen LogP contribution is -2.00. The summed E-state index contributed by atoms with van der Waals surface area (Å²) in [6.45, 7) is 0. The van der Waals surface area contributed by atoms with Crippen molar-refractivity contribution in [1.29, 1.82) is 0 Å². The van der Waals surface area contributed by atoms with Crippen LogP contribution < -0.4 is 0 Å². The van der Waals surface area contributed by atoms with E-state index in [0.29, 0.717) is 17.5 Å². The largest absolute Gasteiger partial charge is 0.455 e. The zero-order valence-corrected chi connectivity index (χ0v) is 29.7. The van der Waals surface area contributed by atoms with Gasteiger partial charge in [0.25, 0.3) is 0 Å². The van der Waals surface area contributed by atoms with Crippen molar-refractivity contribution >= 4 is 64.2 Å². The van der Waals surface area contributed by atoms with Crippen LogP contribution in [0, 0.1) is 0 Å². The quantitative estimate of drug-likeness (QED) is 0.179. The highest BCUT2D eigenvalue weighted by Crippen LogP contribution is 2.45. The second kappa shape index (κ2) is 12.3. The van der Waals surface area contributed by atoms with E-state index in [1.165, 1.54) is 31.1 Å². The first-order chi connectivity index (χ1) is 26.7. The van der Waals surface area contributed by atoms with E-state index >= 15 is 0 Å². The first-order valence-electron chi connectivity index (χ1n) is 18.0. The molecule has 0 bridgehead atoms. The third-order valence-electron chi connectivity index (χ3n) is 10.3. The lowest BCUT2D eigenvalue weighted by atomic mass is 9.97. The van der Waals surface area contributed by atoms with E-state index < -0.39 is 0 Å². The Kier molecular flexibility index (Phi) is 7.00. The van der Waals surface area contributed by atoms with Crippen LogP contribution in [-0.2, 0) is 0 Å². The highest BCUT2D eigenvalue weighted by molar-refractivity contribution is 7.25. The van der Waals surface area contributed by atoms with Crippen LogP contribution in [0.25, 0.3) is 109 Å². The Labute approximate surface area is 314 Å². The van der Waals surface area contributed by atoms with E-state index in [0.717, 1.165) is 60.7 Å². The summed E-state index contributed by atoms with van der Waals surface area (Å²) in [6.07, 6.45) is 0. The Morgan fingerprint density at radius 3 is 1.87 bits per heavy atom. The van der Waals surface area contributed by atoms with Gasteiger partial charge < -0.3 is 4.42 Å². The van der Waals surface area contributed by atoms with Gasteiger partial charge in [0.2, 0.25) is 0 Å². The first kappa shape index (κ1) is 30.7. The normalized spacial score (nSPS) is 11.7. The van der Waals surface area contributed by atoms with Gasteiger partial charge in [0, 0.05) is 53.2 Å². The van der Waals surface area contributed by atoms with Gasteiger partial charge in [0.05, 0.1) is 0 Å². The summed E-state index contributed by atoms with van der Waals surface area (Å²) in [4.78, 5) is 15.5. The summed E-state index contributed by atoms with van der Waals surface area (Å²) >= 11 is 1.83. The molecule has 0 aliphatic heterocycles. The molecule has 5 heteroatoms. The maximum absolute atomic E-state index is 6.80. The van der Waals surface area contributed by atoms with Crippen LogP contribution in [0.15, 0.2) is 180 Å². The number of rotatable bonds is 5. The van der Waals surface area contributed by atoms with Crippen molar-refractivity contribution in [3.63, 3.8) is 0 Å². The molecule has 0 saturated heterocycles. The molecule has 0 unspecified atom stereocenters. The molecule has 0 atom stereocenters. The van der Waals surface area contributed by atoms with Crippen molar-refractivity contribution in [1.82, 2.24) is 15.0 Å². The van der Waals surface area contributed by atoms with Gasteiger partial charge in [-0.25, -0.2) is 15.0 Å². The fourth-order valence-electron chi connectivity index (χ4n) is 7.77. The predicted molar refractivity (Wildman–Crippen MR) is 225 cm³/mol. The minimum atomic E-state index is 0.597. The topological polar surface area (TPSA) is 51.8 Å². The molecule has 0 amide bonds. The maximum atomic E-state index is 6.80. The van der Waals surface area contributed by atoms with Crippen LogP contribution in [0.2, 0.25) is 0 Å². The van der Waals surface area contributed by atoms with E-state index in [1.54, 1.807) is 0 Å². The van der Waals surface area contributed by atoms with Gasteiger partial charge in [-0.05, 0) is 51.7 Å². The summed E-state index contributed by atoms with van der Waals surface area (Å²) < 4.78 is 9.34. The predicted octanol–water partition coefficient (Wildman–Crippen LogP) is 13.6. The molecule has 0 fully saturated rings. The van der Waals surface area contributed by atoms with Gasteiger partial charge in [-0.15, -0.1) is 11.3 Å². The van der Waals surface area contributed by atoms with Gasteiger partial charge in [-0.2, -0.15) is 0 Å². The zero-order valence-electron chi connectivity index (χ0n) is 28.9. The number of benzene rings is 8. The molecule has 0 N–H and O–H groups in total. The van der Waals surface area contributed by atoms with Crippen LogP contribution in [0.4, 0.5) is 0 Å². The lowest BCUT2D eigenvalue weighted by Gasteiger charge is -2.10. The summed E-state index contributed by atoms with van der Waals surface area (Å²) in [7, 11) is 0. The Hall–Kier alpha value is -6.95. The molecule has 11 aromatic rings. The Morgan fingerprint density at radius 1 is 0.370 bits per heavy atom. The molecule has 0 saturated carbocycles. The van der Waals surface area contributed by atoms with Crippen molar-refractivity contribution in [2.24, 2.45) is 0 Å². The van der Waals surface area contributed by atoms with E-state index in [1.807, 2.05) is 29.5 Å². The molecule has 54 heavy (non-hydrogen) atoms. The molecule has 0 aliphatic carbocycles. The molecule has 4 nitrogen and oxygen atoms in total. The highest BCUT2D eigenvalue weighted by atomic mass is 32.1. The number of aromatic nitrogens is 3. The third-order valence-corrected chi connectivity index (χ3v) is 11.5. The van der Waals surface area contributed by atoms with Gasteiger partial charge >= 0.3 is 0 Å². The monoisotopic (exact) mass is 707 g/mol. The van der Waals surface area contributed by atoms with Crippen LogP contribution in [-0.4, -0.2) is 15.0 Å². The molecule has 11 rings (SSSR count). The van der Waals surface area contributed by atoms with Crippen LogP contribution in [0.3, 0.4) is 0 Å². The van der Waals surface area contributed by atoms with Crippen LogP contribution >= 0.6 is 11.3 Å². The minimum Gasteiger partial charge on any atom is -0.455 e.